The Labute approximate surface area is 164 Å². The molecular weight excluding hydrogens is 346 g/mol. The molecule has 0 spiro atoms. The number of anilines is 1. The molecule has 1 aliphatic carbocycles. The van der Waals surface area contributed by atoms with Gasteiger partial charge in [0.25, 0.3) is 0 Å². The van der Waals surface area contributed by atoms with Gasteiger partial charge in [0.15, 0.2) is 0 Å². The average molecular weight is 367 g/mol. The van der Waals surface area contributed by atoms with Crippen LogP contribution in [0.5, 0.6) is 0 Å². The van der Waals surface area contributed by atoms with Crippen LogP contribution in [-0.4, -0.2) is 10.5 Å². The molecule has 3 aromatic rings. The minimum absolute atomic E-state index is 0.0975. The lowest BCUT2D eigenvalue weighted by Gasteiger charge is -2.04. The number of nitrogens with zero attached hydrogens (tertiary/aromatic N) is 2. The number of hydrogen-bond acceptors (Lipinski definition) is 2. The number of carbonyl (C=O) groups is 1. The molecule has 28 heavy (non-hydrogen) atoms. The zero-order chi connectivity index (χ0) is 19.7. The number of benzene rings is 2. The van der Waals surface area contributed by atoms with Gasteiger partial charge in [0.2, 0.25) is 5.91 Å². The monoisotopic (exact) mass is 367 g/mol. The molecule has 0 saturated heterocycles. The molecule has 4 nitrogen and oxygen atoms in total. The van der Waals surface area contributed by atoms with Crippen molar-refractivity contribution in [1.29, 1.82) is 5.26 Å². The quantitative estimate of drug-likeness (QED) is 0.688. The predicted octanol–water partition coefficient (Wildman–Crippen LogP) is 4.59. The van der Waals surface area contributed by atoms with Gasteiger partial charge in [-0.2, -0.15) is 5.26 Å². The van der Waals surface area contributed by atoms with Crippen LogP contribution in [-0.2, 0) is 11.3 Å². The zero-order valence-corrected chi connectivity index (χ0v) is 16.0. The highest BCUT2D eigenvalue weighted by Gasteiger charge is 2.29. The molecule has 0 atom stereocenters. The SMILES string of the molecule is CCn1c(C#Cc2ccc(NC(=O)C3CC3)cc2)c(C#N)c2ccc(C)cc21. The van der Waals surface area contributed by atoms with Crippen LogP contribution in [0.4, 0.5) is 5.69 Å². The lowest BCUT2D eigenvalue weighted by atomic mass is 10.1. The molecule has 0 radical (unpaired) electrons. The Balaban J connectivity index is 1.66. The zero-order valence-electron chi connectivity index (χ0n) is 16.0. The topological polar surface area (TPSA) is 57.8 Å². The number of aryl methyl sites for hydroxylation is 2. The second-order valence-electron chi connectivity index (χ2n) is 7.19. The molecule has 4 rings (SSSR count). The van der Waals surface area contributed by atoms with Crippen LogP contribution in [0.25, 0.3) is 10.9 Å². The van der Waals surface area contributed by atoms with Crippen molar-refractivity contribution in [2.45, 2.75) is 33.2 Å². The van der Waals surface area contributed by atoms with Gasteiger partial charge in [-0.25, -0.2) is 0 Å². The van der Waals surface area contributed by atoms with Gasteiger partial charge in [-0.05, 0) is 68.5 Å². The van der Waals surface area contributed by atoms with Gasteiger partial charge in [-0.3, -0.25) is 4.79 Å². The van der Waals surface area contributed by atoms with Crippen LogP contribution >= 0.6 is 0 Å². The molecule has 1 fully saturated rings. The van der Waals surface area contributed by atoms with Crippen LogP contribution < -0.4 is 5.32 Å². The molecule has 1 aliphatic rings. The van der Waals surface area contributed by atoms with E-state index in [4.69, 9.17) is 0 Å². The predicted molar refractivity (Wildman–Crippen MR) is 111 cm³/mol. The van der Waals surface area contributed by atoms with Gasteiger partial charge >= 0.3 is 0 Å². The minimum atomic E-state index is 0.0975. The molecular formula is C24H21N3O. The highest BCUT2D eigenvalue weighted by Crippen LogP contribution is 2.30. The Bertz CT molecular complexity index is 1160. The van der Waals surface area contributed by atoms with E-state index in [1.54, 1.807) is 0 Å². The fraction of sp³-hybridized carbons (Fsp3) is 0.250. The van der Waals surface area contributed by atoms with E-state index in [2.05, 4.69) is 40.8 Å². The summed E-state index contributed by atoms with van der Waals surface area (Å²) in [6.45, 7) is 4.86. The van der Waals surface area contributed by atoms with Crippen LogP contribution in [0.15, 0.2) is 42.5 Å². The van der Waals surface area contributed by atoms with Crippen molar-refractivity contribution in [2.24, 2.45) is 5.92 Å². The van der Waals surface area contributed by atoms with E-state index in [9.17, 15) is 10.1 Å². The van der Waals surface area contributed by atoms with Crippen molar-refractivity contribution >= 4 is 22.5 Å². The third kappa shape index (κ3) is 3.38. The molecule has 4 heteroatoms. The maximum absolute atomic E-state index is 11.8. The van der Waals surface area contributed by atoms with Crippen molar-refractivity contribution in [3.8, 4) is 17.9 Å². The normalized spacial score (nSPS) is 12.9. The molecule has 138 valence electrons. The number of rotatable bonds is 3. The summed E-state index contributed by atoms with van der Waals surface area (Å²) >= 11 is 0. The van der Waals surface area contributed by atoms with Crippen molar-refractivity contribution < 1.29 is 4.79 Å². The summed E-state index contributed by atoms with van der Waals surface area (Å²) in [6.07, 6.45) is 1.98. The van der Waals surface area contributed by atoms with E-state index >= 15 is 0 Å². The summed E-state index contributed by atoms with van der Waals surface area (Å²) in [5.41, 5.74) is 5.21. The Morgan fingerprint density at radius 2 is 1.93 bits per heavy atom. The standard InChI is InChI=1S/C24H21N3O/c1-3-27-22(21(15-25)20-12-4-16(2)14-23(20)27)13-7-17-5-10-19(11-6-17)26-24(28)18-8-9-18/h4-6,10-12,14,18H,3,8-9H2,1-2H3,(H,26,28). The van der Waals surface area contributed by atoms with Crippen LogP contribution in [0.2, 0.25) is 0 Å². The molecule has 1 saturated carbocycles. The lowest BCUT2D eigenvalue weighted by molar-refractivity contribution is -0.117. The Hall–Kier alpha value is -3.50. The van der Waals surface area contributed by atoms with E-state index in [0.29, 0.717) is 5.56 Å². The van der Waals surface area contributed by atoms with Gasteiger partial charge in [-0.1, -0.05) is 18.1 Å². The van der Waals surface area contributed by atoms with Crippen LogP contribution in [0, 0.1) is 36.0 Å². The van der Waals surface area contributed by atoms with E-state index < -0.39 is 0 Å². The first-order valence-electron chi connectivity index (χ1n) is 9.56. The summed E-state index contributed by atoms with van der Waals surface area (Å²) in [6, 6.07) is 16.0. The van der Waals surface area contributed by atoms with Gasteiger partial charge in [0.05, 0.1) is 11.1 Å². The third-order valence-corrected chi connectivity index (χ3v) is 5.07. The number of nitriles is 1. The molecule has 1 heterocycles. The van der Waals surface area contributed by atoms with E-state index in [1.165, 1.54) is 0 Å². The maximum atomic E-state index is 11.8. The number of nitrogens with one attached hydrogen (secondary N) is 1. The van der Waals surface area contributed by atoms with Gasteiger partial charge in [0.1, 0.15) is 11.8 Å². The van der Waals surface area contributed by atoms with Crippen LogP contribution in [0.1, 0.15) is 42.1 Å². The minimum Gasteiger partial charge on any atom is -0.333 e. The summed E-state index contributed by atoms with van der Waals surface area (Å²) in [5.74, 6) is 6.65. The van der Waals surface area contributed by atoms with Gasteiger partial charge < -0.3 is 9.88 Å². The molecule has 0 unspecified atom stereocenters. The third-order valence-electron chi connectivity index (χ3n) is 5.07. The molecule has 0 aliphatic heterocycles. The average Bonchev–Trinajstić information content (AvgIpc) is 3.50. The summed E-state index contributed by atoms with van der Waals surface area (Å²) < 4.78 is 2.10. The summed E-state index contributed by atoms with van der Waals surface area (Å²) in [5, 5.41) is 13.6. The number of amides is 1. The first-order chi connectivity index (χ1) is 13.6. The second kappa shape index (κ2) is 7.25. The first-order valence-corrected chi connectivity index (χ1v) is 9.56. The Morgan fingerprint density at radius 3 is 2.57 bits per heavy atom. The highest BCUT2D eigenvalue weighted by molar-refractivity contribution is 5.94. The smallest absolute Gasteiger partial charge is 0.227 e. The molecule has 1 aromatic heterocycles. The fourth-order valence-corrected chi connectivity index (χ4v) is 3.39. The molecule has 1 amide bonds. The van der Waals surface area contributed by atoms with E-state index in [0.717, 1.165) is 52.8 Å². The fourth-order valence-electron chi connectivity index (χ4n) is 3.39. The van der Waals surface area contributed by atoms with Crippen molar-refractivity contribution in [2.75, 3.05) is 5.32 Å². The molecule has 1 N–H and O–H groups in total. The van der Waals surface area contributed by atoms with Crippen molar-refractivity contribution in [3.05, 3.63) is 64.8 Å². The second-order valence-corrected chi connectivity index (χ2v) is 7.19. The Kier molecular flexibility index (Phi) is 4.63. The van der Waals surface area contributed by atoms with Crippen molar-refractivity contribution in [1.82, 2.24) is 4.57 Å². The maximum Gasteiger partial charge on any atom is 0.227 e. The van der Waals surface area contributed by atoms with E-state index in [-0.39, 0.29) is 11.8 Å². The number of carbonyl (C=O) groups excluding carboxylic acids is 1. The molecule has 2 aromatic carbocycles. The van der Waals surface area contributed by atoms with Crippen molar-refractivity contribution in [3.63, 3.8) is 0 Å². The summed E-state index contributed by atoms with van der Waals surface area (Å²) in [4.78, 5) is 11.8. The Morgan fingerprint density at radius 1 is 1.18 bits per heavy atom. The van der Waals surface area contributed by atoms with Crippen LogP contribution in [0.3, 0.4) is 0 Å². The highest BCUT2D eigenvalue weighted by atomic mass is 16.2. The van der Waals surface area contributed by atoms with E-state index in [1.807, 2.05) is 43.3 Å². The number of aromatic nitrogens is 1. The summed E-state index contributed by atoms with van der Waals surface area (Å²) in [7, 11) is 0. The molecule has 0 bridgehead atoms. The van der Waals surface area contributed by atoms with Gasteiger partial charge in [0, 0.05) is 29.1 Å². The number of fused-ring (bicyclic) bond motifs is 1. The lowest BCUT2D eigenvalue weighted by Crippen LogP contribution is -2.12. The van der Waals surface area contributed by atoms with Gasteiger partial charge in [-0.15, -0.1) is 0 Å². The number of hydrogen-bond donors (Lipinski definition) is 1. The first kappa shape index (κ1) is 17.9. The largest absolute Gasteiger partial charge is 0.333 e.